The van der Waals surface area contributed by atoms with Crippen LogP contribution in [0, 0.1) is 12.7 Å². The van der Waals surface area contributed by atoms with Crippen molar-refractivity contribution in [3.8, 4) is 16.9 Å². The van der Waals surface area contributed by atoms with Crippen molar-refractivity contribution in [2.75, 3.05) is 20.7 Å². The molecule has 136 valence electrons. The zero-order chi connectivity index (χ0) is 18.8. The second-order valence-electron chi connectivity index (χ2n) is 5.61. The molecule has 0 fully saturated rings. The molecule has 0 unspecified atom stereocenters. The van der Waals surface area contributed by atoms with Crippen LogP contribution in [0.15, 0.2) is 41.4 Å². The van der Waals surface area contributed by atoms with E-state index in [9.17, 15) is 4.39 Å². The minimum absolute atomic E-state index is 0.261. The molecule has 0 aliphatic rings. The van der Waals surface area contributed by atoms with Gasteiger partial charge in [0.1, 0.15) is 17.4 Å². The van der Waals surface area contributed by atoms with Gasteiger partial charge < -0.3 is 16.2 Å². The van der Waals surface area contributed by atoms with Crippen molar-refractivity contribution in [1.82, 2.24) is 0 Å². The SMILES string of the molecule is CCCCN.CN=C(N)c1cc(-c2ccc(F)cc2)cc(OC)c1C. The maximum Gasteiger partial charge on any atom is 0.125 e. The van der Waals surface area contributed by atoms with Gasteiger partial charge in [-0.15, -0.1) is 0 Å². The lowest BCUT2D eigenvalue weighted by Gasteiger charge is -2.13. The Kier molecular flexibility index (Phi) is 8.64. The highest BCUT2D eigenvalue weighted by molar-refractivity contribution is 6.00. The molecule has 2 rings (SSSR count). The molecule has 4 N–H and O–H groups in total. The Morgan fingerprint density at radius 2 is 1.80 bits per heavy atom. The van der Waals surface area contributed by atoms with E-state index in [1.165, 1.54) is 25.0 Å². The molecule has 4 nitrogen and oxygen atoms in total. The minimum Gasteiger partial charge on any atom is -0.496 e. The summed E-state index contributed by atoms with van der Waals surface area (Å²) >= 11 is 0. The Balaban J connectivity index is 0.000000550. The number of aliphatic imine (C=N–C) groups is 1. The summed E-state index contributed by atoms with van der Waals surface area (Å²) < 4.78 is 18.4. The number of benzene rings is 2. The van der Waals surface area contributed by atoms with Crippen molar-refractivity contribution >= 4 is 5.84 Å². The number of methoxy groups -OCH3 is 1. The first-order valence-electron chi connectivity index (χ1n) is 8.35. The van der Waals surface area contributed by atoms with Gasteiger partial charge in [0.25, 0.3) is 0 Å². The van der Waals surface area contributed by atoms with E-state index < -0.39 is 0 Å². The molecule has 0 atom stereocenters. The van der Waals surface area contributed by atoms with Gasteiger partial charge in [-0.25, -0.2) is 4.39 Å². The molecule has 0 bridgehead atoms. The average Bonchev–Trinajstić information content (AvgIpc) is 2.63. The van der Waals surface area contributed by atoms with Crippen LogP contribution in [0.25, 0.3) is 11.1 Å². The predicted molar refractivity (Wildman–Crippen MR) is 104 cm³/mol. The highest BCUT2D eigenvalue weighted by Crippen LogP contribution is 2.30. The second kappa shape index (κ2) is 10.5. The summed E-state index contributed by atoms with van der Waals surface area (Å²) in [5.74, 6) is 0.917. The second-order valence-corrected chi connectivity index (χ2v) is 5.61. The van der Waals surface area contributed by atoms with E-state index >= 15 is 0 Å². The zero-order valence-electron chi connectivity index (χ0n) is 15.5. The van der Waals surface area contributed by atoms with Crippen molar-refractivity contribution in [3.63, 3.8) is 0 Å². The first-order chi connectivity index (χ1) is 12.0. The number of hydrogen-bond donors (Lipinski definition) is 2. The molecule has 25 heavy (non-hydrogen) atoms. The van der Waals surface area contributed by atoms with Crippen LogP contribution < -0.4 is 16.2 Å². The Labute approximate surface area is 149 Å². The fourth-order valence-corrected chi connectivity index (χ4v) is 2.30. The van der Waals surface area contributed by atoms with Crippen LogP contribution in [0.5, 0.6) is 5.75 Å². The van der Waals surface area contributed by atoms with Crippen LogP contribution in [0.1, 0.15) is 30.9 Å². The predicted octanol–water partition coefficient (Wildman–Crippen LogP) is 3.89. The third-order valence-corrected chi connectivity index (χ3v) is 3.83. The largest absolute Gasteiger partial charge is 0.496 e. The Bertz CT molecular complexity index is 695. The quantitative estimate of drug-likeness (QED) is 0.638. The fourth-order valence-electron chi connectivity index (χ4n) is 2.30. The molecule has 2 aromatic rings. The Hall–Kier alpha value is -2.40. The van der Waals surface area contributed by atoms with Crippen LogP contribution in [0.4, 0.5) is 4.39 Å². The summed E-state index contributed by atoms with van der Waals surface area (Å²) in [6.07, 6.45) is 2.39. The third-order valence-electron chi connectivity index (χ3n) is 3.83. The summed E-state index contributed by atoms with van der Waals surface area (Å²) in [4.78, 5) is 4.02. The lowest BCUT2D eigenvalue weighted by Crippen LogP contribution is -2.15. The van der Waals surface area contributed by atoms with Gasteiger partial charge in [-0.1, -0.05) is 25.5 Å². The van der Waals surface area contributed by atoms with Gasteiger partial charge in [0, 0.05) is 18.2 Å². The maximum absolute atomic E-state index is 13.0. The van der Waals surface area contributed by atoms with E-state index in [0.29, 0.717) is 5.84 Å². The number of rotatable bonds is 5. The van der Waals surface area contributed by atoms with Gasteiger partial charge in [-0.2, -0.15) is 0 Å². The van der Waals surface area contributed by atoms with Gasteiger partial charge in [0.15, 0.2) is 0 Å². The average molecular weight is 345 g/mol. The third kappa shape index (κ3) is 5.87. The van der Waals surface area contributed by atoms with Crippen molar-refractivity contribution < 1.29 is 9.13 Å². The number of nitrogens with zero attached hydrogens (tertiary/aromatic N) is 1. The Morgan fingerprint density at radius 3 is 2.24 bits per heavy atom. The molecule has 0 aliphatic heterocycles. The fraction of sp³-hybridized carbons (Fsp3) is 0.350. The van der Waals surface area contributed by atoms with Gasteiger partial charge >= 0.3 is 0 Å². The summed E-state index contributed by atoms with van der Waals surface area (Å²) in [6.45, 7) is 4.91. The summed E-state index contributed by atoms with van der Waals surface area (Å²) in [5.41, 5.74) is 14.6. The lowest BCUT2D eigenvalue weighted by molar-refractivity contribution is 0.412. The first-order valence-corrected chi connectivity index (χ1v) is 8.35. The summed E-state index contributed by atoms with van der Waals surface area (Å²) in [6, 6.07) is 10.2. The van der Waals surface area contributed by atoms with Crippen molar-refractivity contribution in [1.29, 1.82) is 0 Å². The maximum atomic E-state index is 13.0. The molecular weight excluding hydrogens is 317 g/mol. The number of unbranched alkanes of at least 4 members (excludes halogenated alkanes) is 1. The van der Waals surface area contributed by atoms with E-state index in [1.54, 1.807) is 26.3 Å². The van der Waals surface area contributed by atoms with Crippen molar-refractivity contribution in [3.05, 3.63) is 53.3 Å². The monoisotopic (exact) mass is 345 g/mol. The van der Waals surface area contributed by atoms with Gasteiger partial charge in [0.2, 0.25) is 0 Å². The van der Waals surface area contributed by atoms with E-state index in [2.05, 4.69) is 11.9 Å². The number of halogens is 1. The molecular formula is C20H28FN3O. The van der Waals surface area contributed by atoms with E-state index in [0.717, 1.165) is 34.5 Å². The van der Waals surface area contributed by atoms with E-state index in [1.807, 2.05) is 19.1 Å². The van der Waals surface area contributed by atoms with Gasteiger partial charge in [-0.3, -0.25) is 4.99 Å². The molecule has 0 aliphatic carbocycles. The molecule has 0 heterocycles. The highest BCUT2D eigenvalue weighted by Gasteiger charge is 2.11. The molecule has 5 heteroatoms. The number of amidine groups is 1. The first kappa shape index (κ1) is 20.6. The molecule has 0 aromatic heterocycles. The van der Waals surface area contributed by atoms with Crippen LogP contribution in [-0.2, 0) is 0 Å². The van der Waals surface area contributed by atoms with Crippen LogP contribution in [0.2, 0.25) is 0 Å². The zero-order valence-corrected chi connectivity index (χ0v) is 15.5. The normalized spacial score (nSPS) is 10.9. The highest BCUT2D eigenvalue weighted by atomic mass is 19.1. The van der Waals surface area contributed by atoms with Gasteiger partial charge in [0.05, 0.1) is 7.11 Å². The van der Waals surface area contributed by atoms with E-state index in [-0.39, 0.29) is 5.82 Å². The Morgan fingerprint density at radius 1 is 1.16 bits per heavy atom. The number of hydrogen-bond acceptors (Lipinski definition) is 3. The molecule has 0 saturated heterocycles. The van der Waals surface area contributed by atoms with Gasteiger partial charge in [-0.05, 0) is 55.3 Å². The molecule has 0 spiro atoms. The molecule has 0 saturated carbocycles. The minimum atomic E-state index is -0.261. The molecule has 2 aromatic carbocycles. The van der Waals surface area contributed by atoms with Crippen LogP contribution >= 0.6 is 0 Å². The number of nitrogens with two attached hydrogens (primary N) is 2. The molecule has 0 amide bonds. The smallest absolute Gasteiger partial charge is 0.125 e. The summed E-state index contributed by atoms with van der Waals surface area (Å²) in [7, 11) is 3.26. The standard InChI is InChI=1S/C16H17FN2O.C4H11N/c1-10-14(16(18)19-2)8-12(9-15(10)20-3)11-4-6-13(17)7-5-11;1-2-3-4-5/h4-9H,1-3H3,(H2,18,19);2-5H2,1H3. The number of ether oxygens (including phenoxy) is 1. The topological polar surface area (TPSA) is 73.6 Å². The molecule has 0 radical (unpaired) electrons. The van der Waals surface area contributed by atoms with Crippen LogP contribution in [-0.4, -0.2) is 26.5 Å². The van der Waals surface area contributed by atoms with Crippen molar-refractivity contribution in [2.24, 2.45) is 16.5 Å². The summed E-state index contributed by atoms with van der Waals surface area (Å²) in [5, 5.41) is 0. The lowest BCUT2D eigenvalue weighted by atomic mass is 9.98. The van der Waals surface area contributed by atoms with Crippen LogP contribution in [0.3, 0.4) is 0 Å². The van der Waals surface area contributed by atoms with Crippen molar-refractivity contribution in [2.45, 2.75) is 26.7 Å². The van der Waals surface area contributed by atoms with E-state index in [4.69, 9.17) is 16.2 Å².